The van der Waals surface area contributed by atoms with Crippen LogP contribution in [0.15, 0.2) is 0 Å². The van der Waals surface area contributed by atoms with Crippen molar-refractivity contribution in [3.8, 4) is 0 Å². The third kappa shape index (κ3) is 4.75. The quantitative estimate of drug-likeness (QED) is 0.791. The minimum absolute atomic E-state index is 0.566. The van der Waals surface area contributed by atoms with E-state index in [0.29, 0.717) is 5.41 Å². The highest BCUT2D eigenvalue weighted by Crippen LogP contribution is 2.40. The maximum absolute atomic E-state index is 3.76. The number of hydrogen-bond donors (Lipinski definition) is 1. The number of nitrogens with one attached hydrogen (secondary N) is 1. The van der Waals surface area contributed by atoms with Crippen LogP contribution >= 0.6 is 0 Å². The summed E-state index contributed by atoms with van der Waals surface area (Å²) in [6.07, 6.45) is 8.62. The van der Waals surface area contributed by atoms with Crippen LogP contribution in [0.1, 0.15) is 59.3 Å². The Bertz CT molecular complexity index is 258. The van der Waals surface area contributed by atoms with Crippen molar-refractivity contribution in [2.75, 3.05) is 32.7 Å². The monoisotopic (exact) mass is 266 g/mol. The molecule has 112 valence electrons. The first-order chi connectivity index (χ1) is 9.10. The van der Waals surface area contributed by atoms with Crippen LogP contribution in [0.3, 0.4) is 0 Å². The molecule has 0 amide bonds. The molecule has 0 bridgehead atoms. The molecule has 2 nitrogen and oxygen atoms in total. The molecular formula is C17H34N2. The van der Waals surface area contributed by atoms with Crippen molar-refractivity contribution in [3.05, 3.63) is 0 Å². The summed E-state index contributed by atoms with van der Waals surface area (Å²) in [4.78, 5) is 2.73. The van der Waals surface area contributed by atoms with Gasteiger partial charge in [0.05, 0.1) is 0 Å². The molecule has 1 saturated heterocycles. The molecule has 2 atom stereocenters. The lowest BCUT2D eigenvalue weighted by Gasteiger charge is -2.43. The van der Waals surface area contributed by atoms with E-state index in [4.69, 9.17) is 0 Å². The zero-order chi connectivity index (χ0) is 13.7. The van der Waals surface area contributed by atoms with E-state index < -0.39 is 0 Å². The van der Waals surface area contributed by atoms with Gasteiger partial charge in [0.1, 0.15) is 0 Å². The fraction of sp³-hybridized carbons (Fsp3) is 1.00. The lowest BCUT2D eigenvalue weighted by Crippen LogP contribution is -2.46. The molecule has 0 spiro atoms. The number of hydrogen-bond acceptors (Lipinski definition) is 2. The molecule has 2 rings (SSSR count). The Kier molecular flexibility index (Phi) is 5.70. The Labute approximate surface area is 120 Å². The van der Waals surface area contributed by atoms with Crippen molar-refractivity contribution >= 4 is 0 Å². The Morgan fingerprint density at radius 2 is 1.95 bits per heavy atom. The second-order valence-corrected chi connectivity index (χ2v) is 7.71. The maximum atomic E-state index is 3.76. The smallest absolute Gasteiger partial charge is 0.00502 e. The van der Waals surface area contributed by atoms with E-state index in [1.54, 1.807) is 0 Å². The zero-order valence-electron chi connectivity index (χ0n) is 13.4. The SMILES string of the molecule is CC(C)CNCC1(CN2CCCC2)CCCC(C)C1. The summed E-state index contributed by atoms with van der Waals surface area (Å²) in [5.41, 5.74) is 0.566. The molecule has 0 radical (unpaired) electrons. The van der Waals surface area contributed by atoms with E-state index in [1.165, 1.54) is 71.2 Å². The van der Waals surface area contributed by atoms with Crippen LogP contribution in [0.25, 0.3) is 0 Å². The van der Waals surface area contributed by atoms with Crippen molar-refractivity contribution in [1.29, 1.82) is 0 Å². The van der Waals surface area contributed by atoms with E-state index in [2.05, 4.69) is 31.0 Å². The molecule has 0 aromatic rings. The highest BCUT2D eigenvalue weighted by molar-refractivity contribution is 4.90. The van der Waals surface area contributed by atoms with E-state index >= 15 is 0 Å². The molecule has 0 aromatic heterocycles. The van der Waals surface area contributed by atoms with Crippen molar-refractivity contribution < 1.29 is 0 Å². The van der Waals surface area contributed by atoms with Crippen molar-refractivity contribution in [1.82, 2.24) is 10.2 Å². The van der Waals surface area contributed by atoms with Gasteiger partial charge in [0, 0.05) is 13.1 Å². The Hall–Kier alpha value is -0.0800. The Morgan fingerprint density at radius 3 is 2.58 bits per heavy atom. The molecule has 1 saturated carbocycles. The van der Waals surface area contributed by atoms with Gasteiger partial charge in [-0.3, -0.25) is 0 Å². The number of likely N-dealkylation sites (tertiary alicyclic amines) is 1. The van der Waals surface area contributed by atoms with Crippen molar-refractivity contribution in [2.24, 2.45) is 17.3 Å². The average molecular weight is 266 g/mol. The van der Waals surface area contributed by atoms with Gasteiger partial charge in [0.2, 0.25) is 0 Å². The molecule has 1 aliphatic carbocycles. The largest absolute Gasteiger partial charge is 0.316 e. The Balaban J connectivity index is 1.90. The van der Waals surface area contributed by atoms with E-state index in [9.17, 15) is 0 Å². The minimum atomic E-state index is 0.566. The number of nitrogens with zero attached hydrogens (tertiary/aromatic N) is 1. The van der Waals surface area contributed by atoms with Crippen LogP contribution in [0, 0.1) is 17.3 Å². The van der Waals surface area contributed by atoms with Crippen LogP contribution < -0.4 is 5.32 Å². The molecule has 2 unspecified atom stereocenters. The van der Waals surface area contributed by atoms with E-state index in [1.807, 2.05) is 0 Å². The second-order valence-electron chi connectivity index (χ2n) is 7.71. The predicted molar refractivity (Wildman–Crippen MR) is 83.4 cm³/mol. The lowest BCUT2D eigenvalue weighted by atomic mass is 9.69. The zero-order valence-corrected chi connectivity index (χ0v) is 13.4. The highest BCUT2D eigenvalue weighted by Gasteiger charge is 2.36. The van der Waals surface area contributed by atoms with E-state index in [-0.39, 0.29) is 0 Å². The molecule has 1 heterocycles. The molecule has 0 aromatic carbocycles. The molecule has 2 aliphatic rings. The van der Waals surface area contributed by atoms with Crippen LogP contribution in [0.5, 0.6) is 0 Å². The standard InChI is InChI=1S/C17H34N2/c1-15(2)12-18-13-17(8-6-7-16(3)11-17)14-19-9-4-5-10-19/h15-16,18H,4-14H2,1-3H3. The molecule has 2 fully saturated rings. The van der Waals surface area contributed by atoms with Crippen LogP contribution in [-0.4, -0.2) is 37.6 Å². The van der Waals surface area contributed by atoms with Crippen molar-refractivity contribution in [2.45, 2.75) is 59.3 Å². The summed E-state index contributed by atoms with van der Waals surface area (Å²) in [6.45, 7) is 13.5. The predicted octanol–water partition coefficient (Wildman–Crippen LogP) is 3.52. The van der Waals surface area contributed by atoms with Gasteiger partial charge in [-0.15, -0.1) is 0 Å². The molecule has 1 N–H and O–H groups in total. The average Bonchev–Trinajstić information content (AvgIpc) is 2.81. The molecule has 2 heteroatoms. The van der Waals surface area contributed by atoms with Gasteiger partial charge < -0.3 is 10.2 Å². The minimum Gasteiger partial charge on any atom is -0.316 e. The molecule has 19 heavy (non-hydrogen) atoms. The third-order valence-electron chi connectivity index (χ3n) is 5.00. The summed E-state index contributed by atoms with van der Waals surface area (Å²) < 4.78 is 0. The van der Waals surface area contributed by atoms with Crippen LogP contribution in [-0.2, 0) is 0 Å². The van der Waals surface area contributed by atoms with Crippen LogP contribution in [0.2, 0.25) is 0 Å². The summed E-state index contributed by atoms with van der Waals surface area (Å²) in [5.74, 6) is 1.70. The van der Waals surface area contributed by atoms with Crippen molar-refractivity contribution in [3.63, 3.8) is 0 Å². The fourth-order valence-corrected chi connectivity index (χ4v) is 4.17. The van der Waals surface area contributed by atoms with Gasteiger partial charge in [-0.2, -0.15) is 0 Å². The second kappa shape index (κ2) is 7.08. The van der Waals surface area contributed by atoms with Gasteiger partial charge in [-0.25, -0.2) is 0 Å². The molecule has 1 aliphatic heterocycles. The third-order valence-corrected chi connectivity index (χ3v) is 5.00. The summed E-state index contributed by atoms with van der Waals surface area (Å²) in [5, 5.41) is 3.76. The topological polar surface area (TPSA) is 15.3 Å². The van der Waals surface area contributed by atoms with Crippen LogP contribution in [0.4, 0.5) is 0 Å². The first-order valence-corrected chi connectivity index (χ1v) is 8.53. The summed E-state index contributed by atoms with van der Waals surface area (Å²) in [7, 11) is 0. The first kappa shape index (κ1) is 15.3. The number of rotatable bonds is 6. The summed E-state index contributed by atoms with van der Waals surface area (Å²) in [6, 6.07) is 0. The van der Waals surface area contributed by atoms with Gasteiger partial charge in [-0.05, 0) is 62.6 Å². The highest BCUT2D eigenvalue weighted by atomic mass is 15.1. The molecular weight excluding hydrogens is 232 g/mol. The van der Waals surface area contributed by atoms with Gasteiger partial charge in [-0.1, -0.05) is 33.6 Å². The van der Waals surface area contributed by atoms with Gasteiger partial charge in [0.25, 0.3) is 0 Å². The maximum Gasteiger partial charge on any atom is 0.00502 e. The van der Waals surface area contributed by atoms with Gasteiger partial charge in [0.15, 0.2) is 0 Å². The lowest BCUT2D eigenvalue weighted by molar-refractivity contribution is 0.0904. The summed E-state index contributed by atoms with van der Waals surface area (Å²) >= 11 is 0. The van der Waals surface area contributed by atoms with E-state index in [0.717, 1.165) is 11.8 Å². The normalized spacial score (nSPS) is 33.2. The van der Waals surface area contributed by atoms with Gasteiger partial charge >= 0.3 is 0 Å². The Morgan fingerprint density at radius 1 is 1.21 bits per heavy atom. The first-order valence-electron chi connectivity index (χ1n) is 8.53. The fourth-order valence-electron chi connectivity index (χ4n) is 4.17.